The number of nitrogens with zero attached hydrogens (tertiary/aromatic N) is 2. The minimum absolute atomic E-state index is 0.0967. The zero-order valence-corrected chi connectivity index (χ0v) is 12.5. The van der Waals surface area contributed by atoms with Crippen LogP contribution in [0.2, 0.25) is 0 Å². The fourth-order valence-corrected chi connectivity index (χ4v) is 1.50. The number of carbonyl (C=O) groups excluding carboxylic acids is 2. The summed E-state index contributed by atoms with van der Waals surface area (Å²) in [5, 5.41) is 5.65. The highest BCUT2D eigenvalue weighted by Crippen LogP contribution is 1.94. The van der Waals surface area contributed by atoms with Crippen molar-refractivity contribution < 1.29 is 14.3 Å². The van der Waals surface area contributed by atoms with E-state index >= 15 is 0 Å². The summed E-state index contributed by atoms with van der Waals surface area (Å²) in [7, 11) is 3.52. The second kappa shape index (κ2) is 9.84. The van der Waals surface area contributed by atoms with Crippen molar-refractivity contribution in [3.8, 4) is 0 Å². The van der Waals surface area contributed by atoms with Crippen LogP contribution in [0.4, 0.5) is 0 Å². The van der Waals surface area contributed by atoms with E-state index in [1.165, 1.54) is 0 Å². The molecule has 0 radical (unpaired) electrons. The molecule has 0 fully saturated rings. The summed E-state index contributed by atoms with van der Waals surface area (Å²) in [6, 6.07) is 3.67. The standard InChI is InChI=1S/C14H22N4O3/c1-15-6-7-18(2)14(20)11-21-10-13(19)17-9-12-4-3-5-16-8-12/h3-5,8,15H,6-7,9-11H2,1-2H3,(H,17,19). The fourth-order valence-electron chi connectivity index (χ4n) is 1.50. The summed E-state index contributed by atoms with van der Waals surface area (Å²) in [6.45, 7) is 1.48. The Kier molecular flexibility index (Phi) is 8.00. The highest BCUT2D eigenvalue weighted by Gasteiger charge is 2.09. The Morgan fingerprint density at radius 1 is 1.38 bits per heavy atom. The maximum atomic E-state index is 11.6. The van der Waals surface area contributed by atoms with Crippen LogP contribution < -0.4 is 10.6 Å². The van der Waals surface area contributed by atoms with Gasteiger partial charge in [-0.15, -0.1) is 0 Å². The average molecular weight is 294 g/mol. The largest absolute Gasteiger partial charge is 0.362 e. The predicted molar refractivity (Wildman–Crippen MR) is 78.5 cm³/mol. The number of aromatic nitrogens is 1. The van der Waals surface area contributed by atoms with Crippen LogP contribution in [0.15, 0.2) is 24.5 Å². The lowest BCUT2D eigenvalue weighted by Crippen LogP contribution is -2.36. The number of ether oxygens (including phenoxy) is 1. The van der Waals surface area contributed by atoms with E-state index in [0.717, 1.165) is 5.56 Å². The van der Waals surface area contributed by atoms with Gasteiger partial charge in [0.1, 0.15) is 13.2 Å². The molecule has 0 atom stereocenters. The van der Waals surface area contributed by atoms with E-state index < -0.39 is 0 Å². The molecule has 116 valence electrons. The van der Waals surface area contributed by atoms with Gasteiger partial charge in [0.2, 0.25) is 11.8 Å². The van der Waals surface area contributed by atoms with Gasteiger partial charge in [-0.05, 0) is 18.7 Å². The molecule has 2 N–H and O–H groups in total. The Morgan fingerprint density at radius 3 is 2.86 bits per heavy atom. The molecule has 0 spiro atoms. The van der Waals surface area contributed by atoms with Gasteiger partial charge >= 0.3 is 0 Å². The van der Waals surface area contributed by atoms with Gasteiger partial charge < -0.3 is 20.3 Å². The molecule has 1 heterocycles. The summed E-state index contributed by atoms with van der Waals surface area (Å²) in [4.78, 5) is 28.7. The van der Waals surface area contributed by atoms with Crippen LogP contribution in [0.25, 0.3) is 0 Å². The molecular weight excluding hydrogens is 272 g/mol. The molecule has 0 aliphatic carbocycles. The zero-order chi connectivity index (χ0) is 15.5. The molecule has 0 saturated heterocycles. The Balaban J connectivity index is 2.14. The van der Waals surface area contributed by atoms with Crippen molar-refractivity contribution in [2.75, 3.05) is 40.4 Å². The Bertz CT molecular complexity index is 439. The topological polar surface area (TPSA) is 83.6 Å². The highest BCUT2D eigenvalue weighted by atomic mass is 16.5. The Morgan fingerprint density at radius 2 is 2.19 bits per heavy atom. The quantitative estimate of drug-likeness (QED) is 0.635. The van der Waals surface area contributed by atoms with Crippen LogP contribution in [0, 0.1) is 0 Å². The van der Waals surface area contributed by atoms with E-state index in [1.54, 1.807) is 30.4 Å². The van der Waals surface area contributed by atoms with Gasteiger partial charge in [-0.3, -0.25) is 14.6 Å². The second-order valence-electron chi connectivity index (χ2n) is 4.55. The maximum Gasteiger partial charge on any atom is 0.248 e. The zero-order valence-electron chi connectivity index (χ0n) is 12.5. The lowest BCUT2D eigenvalue weighted by Gasteiger charge is -2.16. The lowest BCUT2D eigenvalue weighted by molar-refractivity contribution is -0.137. The number of rotatable bonds is 9. The first-order chi connectivity index (χ1) is 10.1. The van der Waals surface area contributed by atoms with E-state index in [-0.39, 0.29) is 25.0 Å². The van der Waals surface area contributed by atoms with Crippen LogP contribution in [0.1, 0.15) is 5.56 Å². The van der Waals surface area contributed by atoms with Crippen molar-refractivity contribution in [3.05, 3.63) is 30.1 Å². The third-order valence-electron chi connectivity index (χ3n) is 2.79. The second-order valence-corrected chi connectivity index (χ2v) is 4.55. The van der Waals surface area contributed by atoms with Crippen LogP contribution in [0.3, 0.4) is 0 Å². The number of amides is 2. The third-order valence-corrected chi connectivity index (χ3v) is 2.79. The molecule has 0 bridgehead atoms. The third kappa shape index (κ3) is 7.38. The first kappa shape index (κ1) is 17.1. The molecule has 7 heteroatoms. The average Bonchev–Trinajstić information content (AvgIpc) is 2.51. The lowest BCUT2D eigenvalue weighted by atomic mass is 10.3. The molecule has 1 aromatic rings. The van der Waals surface area contributed by atoms with Crippen LogP contribution in [-0.2, 0) is 20.9 Å². The van der Waals surface area contributed by atoms with Crippen molar-refractivity contribution in [1.82, 2.24) is 20.5 Å². The number of carbonyl (C=O) groups is 2. The van der Waals surface area contributed by atoms with E-state index in [9.17, 15) is 9.59 Å². The van der Waals surface area contributed by atoms with Gasteiger partial charge in [0, 0.05) is 39.1 Å². The number of nitrogens with one attached hydrogen (secondary N) is 2. The van der Waals surface area contributed by atoms with Crippen LogP contribution in [-0.4, -0.2) is 62.1 Å². The van der Waals surface area contributed by atoms with Gasteiger partial charge in [0.15, 0.2) is 0 Å². The normalized spacial score (nSPS) is 10.2. The van der Waals surface area contributed by atoms with Gasteiger partial charge in [-0.1, -0.05) is 6.07 Å². The molecule has 0 aromatic carbocycles. The molecule has 0 unspecified atom stereocenters. The van der Waals surface area contributed by atoms with E-state index in [1.807, 2.05) is 13.1 Å². The molecule has 7 nitrogen and oxygen atoms in total. The molecule has 0 aliphatic heterocycles. The highest BCUT2D eigenvalue weighted by molar-refractivity contribution is 5.79. The monoisotopic (exact) mass is 294 g/mol. The molecule has 2 amide bonds. The van der Waals surface area contributed by atoms with Crippen LogP contribution >= 0.6 is 0 Å². The smallest absolute Gasteiger partial charge is 0.248 e. The van der Waals surface area contributed by atoms with E-state index in [2.05, 4.69) is 15.6 Å². The van der Waals surface area contributed by atoms with Gasteiger partial charge in [0.05, 0.1) is 0 Å². The number of likely N-dealkylation sites (N-methyl/N-ethyl adjacent to an activating group) is 2. The summed E-state index contributed by atoms with van der Waals surface area (Å²) in [6.07, 6.45) is 3.35. The van der Waals surface area contributed by atoms with Crippen molar-refractivity contribution in [1.29, 1.82) is 0 Å². The van der Waals surface area contributed by atoms with E-state index in [4.69, 9.17) is 4.74 Å². The van der Waals surface area contributed by atoms with Crippen molar-refractivity contribution in [3.63, 3.8) is 0 Å². The summed E-state index contributed by atoms with van der Waals surface area (Å²) in [5.74, 6) is -0.408. The van der Waals surface area contributed by atoms with Gasteiger partial charge in [0.25, 0.3) is 0 Å². The first-order valence-electron chi connectivity index (χ1n) is 6.75. The molecule has 21 heavy (non-hydrogen) atoms. The summed E-state index contributed by atoms with van der Waals surface area (Å²) >= 11 is 0. The molecular formula is C14H22N4O3. The molecule has 1 aromatic heterocycles. The Labute approximate surface area is 124 Å². The first-order valence-corrected chi connectivity index (χ1v) is 6.75. The number of pyridine rings is 1. The van der Waals surface area contributed by atoms with Gasteiger partial charge in [-0.25, -0.2) is 0 Å². The van der Waals surface area contributed by atoms with Crippen LogP contribution in [0.5, 0.6) is 0 Å². The maximum absolute atomic E-state index is 11.6. The molecule has 1 rings (SSSR count). The molecule has 0 saturated carbocycles. The SMILES string of the molecule is CNCCN(C)C(=O)COCC(=O)NCc1cccnc1. The minimum Gasteiger partial charge on any atom is -0.362 e. The minimum atomic E-state index is -0.260. The molecule has 0 aliphatic rings. The number of hydrogen-bond donors (Lipinski definition) is 2. The van der Waals surface area contributed by atoms with E-state index in [0.29, 0.717) is 19.6 Å². The fraction of sp³-hybridized carbons (Fsp3) is 0.500. The van der Waals surface area contributed by atoms with Crippen molar-refractivity contribution >= 4 is 11.8 Å². The summed E-state index contributed by atoms with van der Waals surface area (Å²) < 4.78 is 5.11. The predicted octanol–water partition coefficient (Wildman–Crippen LogP) is -0.608. The Hall–Kier alpha value is -1.99. The van der Waals surface area contributed by atoms with Crippen molar-refractivity contribution in [2.24, 2.45) is 0 Å². The van der Waals surface area contributed by atoms with Gasteiger partial charge in [-0.2, -0.15) is 0 Å². The summed E-state index contributed by atoms with van der Waals surface area (Å²) in [5.41, 5.74) is 0.911. The van der Waals surface area contributed by atoms with Crippen molar-refractivity contribution in [2.45, 2.75) is 6.54 Å². The number of hydrogen-bond acceptors (Lipinski definition) is 5.